The fraction of sp³-hybridized carbons (Fsp3) is 0.208. The van der Waals surface area contributed by atoms with E-state index in [1.54, 1.807) is 19.4 Å². The van der Waals surface area contributed by atoms with Crippen LogP contribution in [0.1, 0.15) is 5.56 Å². The first kappa shape index (κ1) is 20.9. The monoisotopic (exact) mass is 441 g/mol. The molecule has 4 nitrogen and oxygen atoms in total. The zero-order chi connectivity index (χ0) is 21.1. The van der Waals surface area contributed by atoms with E-state index >= 15 is 0 Å². The molecule has 0 fully saturated rings. The van der Waals surface area contributed by atoms with Gasteiger partial charge in [-0.2, -0.15) is 0 Å². The molecular formula is C24H21Cl2NO3. The molecule has 154 valence electrons. The summed E-state index contributed by atoms with van der Waals surface area (Å²) in [4.78, 5) is 4.67. The van der Waals surface area contributed by atoms with Crippen molar-refractivity contribution in [2.75, 3.05) is 27.1 Å². The quantitative estimate of drug-likeness (QED) is 0.237. The highest BCUT2D eigenvalue weighted by Gasteiger charge is 2.18. The van der Waals surface area contributed by atoms with Crippen LogP contribution in [0.4, 0.5) is 0 Å². The van der Waals surface area contributed by atoms with Gasteiger partial charge in [0, 0.05) is 29.3 Å². The molecule has 4 aromatic rings. The van der Waals surface area contributed by atoms with Crippen LogP contribution in [0, 0.1) is 6.92 Å². The summed E-state index contributed by atoms with van der Waals surface area (Å²) in [5.74, 6) is 0.720. The standard InChI is InChI=1S/C24H21Cl2NO3/c1-15-19-6-4-3-5-16(19)12-20(24(15)30-14-29-10-9-28-2)23-22-17(7-8-27-23)11-18(25)13-21(22)26/h3-8,11-13H,9-10,14H2,1-2H3. The van der Waals surface area contributed by atoms with Crippen molar-refractivity contribution < 1.29 is 14.2 Å². The molecule has 0 amide bonds. The Morgan fingerprint density at radius 3 is 2.63 bits per heavy atom. The lowest BCUT2D eigenvalue weighted by Gasteiger charge is -2.18. The van der Waals surface area contributed by atoms with E-state index in [0.717, 1.165) is 44.1 Å². The molecule has 3 aromatic carbocycles. The maximum atomic E-state index is 6.59. The number of rotatable bonds is 7. The van der Waals surface area contributed by atoms with E-state index in [1.165, 1.54) is 0 Å². The summed E-state index contributed by atoms with van der Waals surface area (Å²) < 4.78 is 16.7. The van der Waals surface area contributed by atoms with Gasteiger partial charge in [-0.25, -0.2) is 0 Å². The first-order valence-electron chi connectivity index (χ1n) is 9.56. The second-order valence-corrected chi connectivity index (χ2v) is 7.75. The van der Waals surface area contributed by atoms with E-state index in [0.29, 0.717) is 23.3 Å². The maximum absolute atomic E-state index is 6.59. The number of fused-ring (bicyclic) bond motifs is 2. The van der Waals surface area contributed by atoms with Gasteiger partial charge in [-0.1, -0.05) is 47.5 Å². The van der Waals surface area contributed by atoms with Crippen LogP contribution in [0.3, 0.4) is 0 Å². The van der Waals surface area contributed by atoms with Crippen LogP contribution in [0.15, 0.2) is 54.7 Å². The number of aromatic nitrogens is 1. The number of pyridine rings is 1. The van der Waals surface area contributed by atoms with Crippen molar-refractivity contribution in [3.63, 3.8) is 0 Å². The van der Waals surface area contributed by atoms with Crippen LogP contribution >= 0.6 is 23.2 Å². The number of ether oxygens (including phenoxy) is 3. The summed E-state index contributed by atoms with van der Waals surface area (Å²) in [6.07, 6.45) is 1.76. The predicted molar refractivity (Wildman–Crippen MR) is 123 cm³/mol. The molecule has 0 N–H and O–H groups in total. The third-order valence-corrected chi connectivity index (χ3v) is 5.52. The van der Waals surface area contributed by atoms with Crippen molar-refractivity contribution in [1.29, 1.82) is 0 Å². The van der Waals surface area contributed by atoms with E-state index in [4.69, 9.17) is 37.4 Å². The van der Waals surface area contributed by atoms with Crippen LogP contribution in [0.2, 0.25) is 10.0 Å². The minimum absolute atomic E-state index is 0.111. The minimum Gasteiger partial charge on any atom is -0.467 e. The molecule has 1 heterocycles. The smallest absolute Gasteiger partial charge is 0.189 e. The van der Waals surface area contributed by atoms with Crippen LogP contribution in [-0.2, 0) is 9.47 Å². The fourth-order valence-electron chi connectivity index (χ4n) is 3.61. The molecule has 0 aliphatic rings. The van der Waals surface area contributed by atoms with E-state index < -0.39 is 0 Å². The third-order valence-electron chi connectivity index (χ3n) is 5.00. The Balaban J connectivity index is 1.89. The average molecular weight is 442 g/mol. The number of halogens is 2. The summed E-state index contributed by atoms with van der Waals surface area (Å²) in [5, 5.41) is 5.11. The van der Waals surface area contributed by atoms with Gasteiger partial charge in [-0.05, 0) is 52.9 Å². The Morgan fingerprint density at radius 1 is 0.967 bits per heavy atom. The first-order chi connectivity index (χ1) is 14.6. The van der Waals surface area contributed by atoms with Crippen LogP contribution in [0.5, 0.6) is 5.75 Å². The van der Waals surface area contributed by atoms with Crippen molar-refractivity contribution in [2.45, 2.75) is 6.92 Å². The Kier molecular flexibility index (Phi) is 6.40. The SMILES string of the molecule is COCCOCOc1c(-c2nccc3cc(Cl)cc(Cl)c23)cc2ccccc2c1C. The predicted octanol–water partition coefficient (Wildman–Crippen LogP) is 6.67. The number of hydrogen-bond acceptors (Lipinski definition) is 4. The van der Waals surface area contributed by atoms with Gasteiger partial charge in [-0.15, -0.1) is 0 Å². The maximum Gasteiger partial charge on any atom is 0.189 e. The number of hydrogen-bond donors (Lipinski definition) is 0. The number of aryl methyl sites for hydroxylation is 1. The van der Waals surface area contributed by atoms with Gasteiger partial charge < -0.3 is 14.2 Å². The second-order valence-electron chi connectivity index (χ2n) is 6.91. The molecular weight excluding hydrogens is 421 g/mol. The van der Waals surface area contributed by atoms with Crippen molar-refractivity contribution >= 4 is 44.7 Å². The van der Waals surface area contributed by atoms with E-state index in [9.17, 15) is 0 Å². The van der Waals surface area contributed by atoms with Gasteiger partial charge in [0.2, 0.25) is 0 Å². The van der Waals surface area contributed by atoms with Gasteiger partial charge in [0.15, 0.2) is 6.79 Å². The van der Waals surface area contributed by atoms with Crippen molar-refractivity contribution in [2.24, 2.45) is 0 Å². The Hall–Kier alpha value is -2.37. The molecule has 0 saturated heterocycles. The summed E-state index contributed by atoms with van der Waals surface area (Å²) in [6.45, 7) is 3.11. The van der Waals surface area contributed by atoms with Crippen LogP contribution in [-0.4, -0.2) is 32.1 Å². The largest absolute Gasteiger partial charge is 0.467 e. The summed E-state index contributed by atoms with van der Waals surface area (Å²) in [7, 11) is 1.64. The van der Waals surface area contributed by atoms with Crippen molar-refractivity contribution in [3.05, 3.63) is 70.3 Å². The summed E-state index contributed by atoms with van der Waals surface area (Å²) in [5.41, 5.74) is 2.62. The minimum atomic E-state index is 0.111. The van der Waals surface area contributed by atoms with E-state index in [2.05, 4.69) is 23.2 Å². The lowest BCUT2D eigenvalue weighted by atomic mass is 9.96. The highest BCUT2D eigenvalue weighted by Crippen LogP contribution is 2.42. The Morgan fingerprint density at radius 2 is 1.80 bits per heavy atom. The van der Waals surface area contributed by atoms with Gasteiger partial charge in [0.05, 0.1) is 23.9 Å². The van der Waals surface area contributed by atoms with Gasteiger partial charge in [0.25, 0.3) is 0 Å². The molecule has 30 heavy (non-hydrogen) atoms. The molecule has 0 saturated carbocycles. The van der Waals surface area contributed by atoms with E-state index in [1.807, 2.05) is 31.2 Å². The zero-order valence-electron chi connectivity index (χ0n) is 16.7. The Bertz CT molecular complexity index is 1210. The molecule has 6 heteroatoms. The molecule has 0 bridgehead atoms. The summed E-state index contributed by atoms with van der Waals surface area (Å²) in [6, 6.07) is 15.8. The summed E-state index contributed by atoms with van der Waals surface area (Å²) >= 11 is 12.8. The zero-order valence-corrected chi connectivity index (χ0v) is 18.3. The van der Waals surface area contributed by atoms with Crippen LogP contribution < -0.4 is 4.74 Å². The van der Waals surface area contributed by atoms with Gasteiger partial charge in [0.1, 0.15) is 5.75 Å². The molecule has 0 aliphatic heterocycles. The number of nitrogens with zero attached hydrogens (tertiary/aromatic N) is 1. The lowest BCUT2D eigenvalue weighted by Crippen LogP contribution is -2.09. The van der Waals surface area contributed by atoms with Crippen LogP contribution in [0.25, 0.3) is 32.8 Å². The second kappa shape index (κ2) is 9.19. The number of methoxy groups -OCH3 is 1. The van der Waals surface area contributed by atoms with Crippen molar-refractivity contribution in [1.82, 2.24) is 4.98 Å². The molecule has 1 aromatic heterocycles. The normalized spacial score (nSPS) is 11.3. The highest BCUT2D eigenvalue weighted by molar-refractivity contribution is 6.39. The molecule has 0 aliphatic carbocycles. The lowest BCUT2D eigenvalue weighted by molar-refractivity contribution is -0.00843. The fourth-order valence-corrected chi connectivity index (χ4v) is 4.21. The molecule has 0 spiro atoms. The van der Waals surface area contributed by atoms with Gasteiger partial charge >= 0.3 is 0 Å². The third kappa shape index (κ3) is 4.09. The first-order valence-corrected chi connectivity index (χ1v) is 10.3. The molecule has 0 radical (unpaired) electrons. The average Bonchev–Trinajstić information content (AvgIpc) is 2.74. The Labute approximate surface area is 185 Å². The molecule has 0 unspecified atom stereocenters. The highest BCUT2D eigenvalue weighted by atomic mass is 35.5. The number of benzene rings is 3. The van der Waals surface area contributed by atoms with Crippen molar-refractivity contribution in [3.8, 4) is 17.0 Å². The topological polar surface area (TPSA) is 40.6 Å². The molecule has 4 rings (SSSR count). The van der Waals surface area contributed by atoms with Gasteiger partial charge in [-0.3, -0.25) is 4.98 Å². The van der Waals surface area contributed by atoms with E-state index in [-0.39, 0.29) is 6.79 Å². The molecule has 0 atom stereocenters.